The zero-order chi connectivity index (χ0) is 37.5. The lowest BCUT2D eigenvalue weighted by molar-refractivity contribution is 0.889. The Morgan fingerprint density at radius 3 is 2.21 bits per heavy atom. The molecule has 3 heterocycles. The zero-order valence-electron chi connectivity index (χ0n) is 31.0. The van der Waals surface area contributed by atoms with Gasteiger partial charge in [-0.15, -0.1) is 11.3 Å². The molecule has 0 saturated heterocycles. The van der Waals surface area contributed by atoms with Crippen molar-refractivity contribution in [2.45, 2.75) is 12.8 Å². The Balaban J connectivity index is 1.07. The molecule has 1 aliphatic rings. The Labute approximate surface area is 334 Å². The van der Waals surface area contributed by atoms with Crippen LogP contribution in [-0.4, -0.2) is 9.13 Å². The molecule has 0 atom stereocenters. The van der Waals surface area contributed by atoms with E-state index >= 15 is 0 Å². The Morgan fingerprint density at radius 1 is 0.509 bits per heavy atom. The van der Waals surface area contributed by atoms with E-state index in [2.05, 4.69) is 191 Å². The highest BCUT2D eigenvalue weighted by molar-refractivity contribution is 7.26. The summed E-state index contributed by atoms with van der Waals surface area (Å²) in [7, 11) is 0. The molecule has 3 heteroatoms. The van der Waals surface area contributed by atoms with Crippen LogP contribution in [0.15, 0.2) is 176 Å². The molecule has 3 aromatic heterocycles. The van der Waals surface area contributed by atoms with Crippen molar-refractivity contribution in [3.05, 3.63) is 199 Å². The van der Waals surface area contributed by atoms with E-state index < -0.39 is 0 Å². The van der Waals surface area contributed by atoms with Crippen molar-refractivity contribution < 1.29 is 0 Å². The van der Waals surface area contributed by atoms with Crippen molar-refractivity contribution in [2.24, 2.45) is 0 Å². The van der Waals surface area contributed by atoms with Crippen molar-refractivity contribution in [1.29, 1.82) is 0 Å². The minimum Gasteiger partial charge on any atom is -0.312 e. The van der Waals surface area contributed by atoms with Crippen LogP contribution in [0.5, 0.6) is 0 Å². The molecule has 0 unspecified atom stereocenters. The molecule has 11 aromatic rings. The molecule has 266 valence electrons. The first-order chi connectivity index (χ1) is 28.3. The molecule has 0 bridgehead atoms. The summed E-state index contributed by atoms with van der Waals surface area (Å²) in [6.45, 7) is 0. The molecular weight excluding hydrogens is 709 g/mol. The van der Waals surface area contributed by atoms with E-state index in [0.29, 0.717) is 0 Å². The monoisotopic (exact) mass is 742 g/mol. The molecule has 12 rings (SSSR count). The van der Waals surface area contributed by atoms with Gasteiger partial charge in [0.2, 0.25) is 0 Å². The lowest BCUT2D eigenvalue weighted by Crippen LogP contribution is -2.04. The van der Waals surface area contributed by atoms with Crippen LogP contribution in [0.2, 0.25) is 0 Å². The first-order valence-corrected chi connectivity index (χ1v) is 20.5. The molecule has 0 amide bonds. The number of hydrogen-bond donors (Lipinski definition) is 0. The van der Waals surface area contributed by atoms with E-state index in [9.17, 15) is 0 Å². The van der Waals surface area contributed by atoms with Gasteiger partial charge in [0.1, 0.15) is 0 Å². The van der Waals surface area contributed by atoms with Gasteiger partial charge in [-0.1, -0.05) is 140 Å². The smallest absolute Gasteiger partial charge is 0.0641 e. The van der Waals surface area contributed by atoms with Gasteiger partial charge in [0.25, 0.3) is 0 Å². The van der Waals surface area contributed by atoms with Gasteiger partial charge >= 0.3 is 0 Å². The Hall–Kier alpha value is -7.12. The fourth-order valence-corrected chi connectivity index (χ4v) is 10.6. The predicted molar refractivity (Wildman–Crippen MR) is 242 cm³/mol. The average molecular weight is 743 g/mol. The van der Waals surface area contributed by atoms with Crippen LogP contribution < -0.4 is 0 Å². The van der Waals surface area contributed by atoms with Gasteiger partial charge in [-0.25, -0.2) is 0 Å². The molecule has 57 heavy (non-hydrogen) atoms. The minimum atomic E-state index is 1.000. The molecule has 0 aliphatic heterocycles. The van der Waals surface area contributed by atoms with Gasteiger partial charge in [-0.05, 0) is 89.7 Å². The van der Waals surface area contributed by atoms with Crippen LogP contribution in [0.3, 0.4) is 0 Å². The Kier molecular flexibility index (Phi) is 7.17. The number of benzene rings is 7. The van der Waals surface area contributed by atoms with E-state index in [4.69, 9.17) is 0 Å². The maximum atomic E-state index is 3.37. The fraction of sp³-hybridized carbons (Fsp3) is 0.0370. The zero-order valence-corrected chi connectivity index (χ0v) is 31.9. The standard InChI is InChI=1S/C54H34N2S/c1-3-15-35(16-4-1)39-19-7-11-23-46(39)56-47-24-12-8-20-41(47)43-29-27-38(34-51(43)56)37-28-31-49-45(33-37)42-21-9-13-25-48(42)55(49)50-32-30-40(36-17-5-2-6-18-36)53-44-22-10-14-26-52(44)57-54(50)53/h1-3,5-11,13-15,17-23,25-34H,12,24H2. The normalized spacial score (nSPS) is 12.6. The number of nitrogens with zero attached hydrogens (tertiary/aromatic N) is 2. The summed E-state index contributed by atoms with van der Waals surface area (Å²) in [5.41, 5.74) is 15.9. The molecule has 1 aliphatic carbocycles. The molecule has 0 spiro atoms. The van der Waals surface area contributed by atoms with Gasteiger partial charge in [0, 0.05) is 54.0 Å². The summed E-state index contributed by atoms with van der Waals surface area (Å²) in [4.78, 5) is 0. The second kappa shape index (κ2) is 12.7. The topological polar surface area (TPSA) is 9.86 Å². The van der Waals surface area contributed by atoms with E-state index in [1.54, 1.807) is 0 Å². The lowest BCUT2D eigenvalue weighted by atomic mass is 9.98. The number of allylic oxidation sites excluding steroid dienone is 1. The van der Waals surface area contributed by atoms with Gasteiger partial charge < -0.3 is 9.13 Å². The van der Waals surface area contributed by atoms with Gasteiger partial charge in [0.05, 0.1) is 32.6 Å². The number of thiophene rings is 1. The average Bonchev–Trinajstić information content (AvgIpc) is 3.94. The third kappa shape index (κ3) is 4.91. The number of para-hydroxylation sites is 2. The quantitative estimate of drug-likeness (QED) is 0.166. The van der Waals surface area contributed by atoms with Crippen LogP contribution in [0, 0.1) is 12.1 Å². The second-order valence-corrected chi connectivity index (χ2v) is 16.0. The SMILES string of the molecule is c1cccc(-c2ccccc2-n2c3c(c4ccc(-c5ccc6c(c5)c5ccccc5n6-c5ccc(-c6ccccc6)c6c5sc5ccccc56)cc42)C=CCC3)c#1. The van der Waals surface area contributed by atoms with Crippen molar-refractivity contribution in [3.63, 3.8) is 0 Å². The first kappa shape index (κ1) is 32.2. The molecule has 0 radical (unpaired) electrons. The number of aromatic nitrogens is 2. The van der Waals surface area contributed by atoms with E-state index in [-0.39, 0.29) is 0 Å². The van der Waals surface area contributed by atoms with Crippen LogP contribution in [0.1, 0.15) is 17.7 Å². The van der Waals surface area contributed by atoms with Crippen molar-refractivity contribution >= 4 is 70.3 Å². The fourth-order valence-electron chi connectivity index (χ4n) is 9.34. The van der Waals surface area contributed by atoms with E-state index in [0.717, 1.165) is 24.0 Å². The molecule has 8 aromatic carbocycles. The summed E-state index contributed by atoms with van der Waals surface area (Å²) in [5, 5.41) is 6.42. The Morgan fingerprint density at radius 2 is 1.30 bits per heavy atom. The van der Waals surface area contributed by atoms with Gasteiger partial charge in [-0.2, -0.15) is 0 Å². The van der Waals surface area contributed by atoms with Gasteiger partial charge in [-0.3, -0.25) is 0 Å². The maximum absolute atomic E-state index is 3.37. The number of fused-ring (bicyclic) bond motifs is 9. The molecule has 2 nitrogen and oxygen atoms in total. The lowest BCUT2D eigenvalue weighted by Gasteiger charge is -2.17. The molecular formula is C54H34N2S. The molecule has 0 fully saturated rings. The van der Waals surface area contributed by atoms with E-state index in [1.807, 2.05) is 23.5 Å². The highest BCUT2D eigenvalue weighted by atomic mass is 32.1. The third-order valence-corrected chi connectivity index (χ3v) is 13.1. The maximum Gasteiger partial charge on any atom is 0.0641 e. The third-order valence-electron chi connectivity index (χ3n) is 11.9. The highest BCUT2D eigenvalue weighted by Crippen LogP contribution is 2.46. The van der Waals surface area contributed by atoms with E-state index in [1.165, 1.54) is 97.8 Å². The largest absolute Gasteiger partial charge is 0.312 e. The van der Waals surface area contributed by atoms with Crippen molar-refractivity contribution in [1.82, 2.24) is 9.13 Å². The molecule has 0 saturated carbocycles. The first-order valence-electron chi connectivity index (χ1n) is 19.7. The van der Waals surface area contributed by atoms with Crippen molar-refractivity contribution in [2.75, 3.05) is 0 Å². The van der Waals surface area contributed by atoms with Crippen LogP contribution >= 0.6 is 11.3 Å². The number of rotatable bonds is 5. The summed E-state index contributed by atoms with van der Waals surface area (Å²) in [6, 6.07) is 68.7. The minimum absolute atomic E-state index is 1.000. The predicted octanol–water partition coefficient (Wildman–Crippen LogP) is 14.7. The Bertz CT molecular complexity index is 3400. The number of hydrogen-bond acceptors (Lipinski definition) is 1. The van der Waals surface area contributed by atoms with Crippen molar-refractivity contribution in [3.8, 4) is 44.8 Å². The highest BCUT2D eigenvalue weighted by Gasteiger charge is 2.23. The van der Waals surface area contributed by atoms with Crippen LogP contribution in [0.25, 0.3) is 104 Å². The summed E-state index contributed by atoms with van der Waals surface area (Å²) >= 11 is 1.89. The van der Waals surface area contributed by atoms with Crippen LogP contribution in [-0.2, 0) is 6.42 Å². The second-order valence-electron chi connectivity index (χ2n) is 15.0. The summed E-state index contributed by atoms with van der Waals surface area (Å²) < 4.78 is 7.61. The van der Waals surface area contributed by atoms with Crippen LogP contribution in [0.4, 0.5) is 0 Å². The summed E-state index contributed by atoms with van der Waals surface area (Å²) in [6.07, 6.45) is 6.67. The summed E-state index contributed by atoms with van der Waals surface area (Å²) in [5.74, 6) is 0. The molecule has 0 N–H and O–H groups in total. The van der Waals surface area contributed by atoms with Gasteiger partial charge in [0.15, 0.2) is 0 Å².